The molecule has 4 rings (SSSR count). The standard InChI is InChI=1S/C19H18N4O3/c1-2-25-16-7-5-15(6-8-16)23-12-14(10-17(23)24)19-21-18(22-26-19)13-4-3-9-20-11-13/h3-9,11,14H,2,10,12H2,1H3/t14-/m0/s1. The maximum absolute atomic E-state index is 12.4. The molecule has 7 heteroatoms. The molecule has 2 aromatic heterocycles. The summed E-state index contributed by atoms with van der Waals surface area (Å²) in [7, 11) is 0. The zero-order valence-electron chi connectivity index (χ0n) is 14.3. The van der Waals surface area contributed by atoms with E-state index in [1.54, 1.807) is 17.3 Å². The van der Waals surface area contributed by atoms with Crippen molar-refractivity contribution in [2.45, 2.75) is 19.3 Å². The van der Waals surface area contributed by atoms with Crippen molar-refractivity contribution < 1.29 is 14.1 Å². The average Bonchev–Trinajstić information content (AvgIpc) is 3.30. The Morgan fingerprint density at radius 2 is 2.12 bits per heavy atom. The van der Waals surface area contributed by atoms with E-state index in [0.29, 0.717) is 31.3 Å². The smallest absolute Gasteiger partial charge is 0.232 e. The van der Waals surface area contributed by atoms with Gasteiger partial charge in [0, 0.05) is 36.6 Å². The molecule has 0 radical (unpaired) electrons. The van der Waals surface area contributed by atoms with E-state index in [1.807, 2.05) is 43.3 Å². The predicted octanol–water partition coefficient (Wildman–Crippen LogP) is 3.05. The van der Waals surface area contributed by atoms with E-state index < -0.39 is 0 Å². The largest absolute Gasteiger partial charge is 0.494 e. The van der Waals surface area contributed by atoms with E-state index in [1.165, 1.54) is 0 Å². The van der Waals surface area contributed by atoms with Crippen LogP contribution in [0.15, 0.2) is 53.3 Å². The third-order valence-electron chi connectivity index (χ3n) is 4.30. The van der Waals surface area contributed by atoms with Crippen LogP contribution in [-0.2, 0) is 4.79 Å². The van der Waals surface area contributed by atoms with Gasteiger partial charge in [-0.15, -0.1) is 0 Å². The van der Waals surface area contributed by atoms with Crippen LogP contribution in [0.1, 0.15) is 25.2 Å². The number of hydrogen-bond acceptors (Lipinski definition) is 6. The summed E-state index contributed by atoms with van der Waals surface area (Å²) in [5.41, 5.74) is 1.63. The number of ether oxygens (including phenoxy) is 1. The number of pyridine rings is 1. The van der Waals surface area contributed by atoms with Crippen LogP contribution in [0.2, 0.25) is 0 Å². The Balaban J connectivity index is 1.50. The fourth-order valence-corrected chi connectivity index (χ4v) is 3.02. The molecule has 0 unspecified atom stereocenters. The number of carbonyl (C=O) groups is 1. The van der Waals surface area contributed by atoms with Gasteiger partial charge >= 0.3 is 0 Å². The highest BCUT2D eigenvalue weighted by atomic mass is 16.5. The molecule has 0 bridgehead atoms. The summed E-state index contributed by atoms with van der Waals surface area (Å²) in [4.78, 5) is 22.7. The summed E-state index contributed by atoms with van der Waals surface area (Å²) in [6.07, 6.45) is 3.72. The average molecular weight is 350 g/mol. The van der Waals surface area contributed by atoms with Crippen molar-refractivity contribution in [3.8, 4) is 17.1 Å². The van der Waals surface area contributed by atoms with Crippen molar-refractivity contribution in [3.05, 3.63) is 54.7 Å². The Kier molecular flexibility index (Phi) is 4.35. The van der Waals surface area contributed by atoms with Gasteiger partial charge in [0.15, 0.2) is 0 Å². The van der Waals surface area contributed by atoms with E-state index in [-0.39, 0.29) is 11.8 Å². The van der Waals surface area contributed by atoms with Crippen molar-refractivity contribution in [3.63, 3.8) is 0 Å². The molecule has 1 aliphatic rings. The van der Waals surface area contributed by atoms with Gasteiger partial charge in [-0.05, 0) is 43.3 Å². The van der Waals surface area contributed by atoms with E-state index in [4.69, 9.17) is 9.26 Å². The lowest BCUT2D eigenvalue weighted by Gasteiger charge is -2.16. The molecule has 7 nitrogen and oxygen atoms in total. The molecule has 1 aliphatic heterocycles. The van der Waals surface area contributed by atoms with E-state index in [0.717, 1.165) is 17.0 Å². The summed E-state index contributed by atoms with van der Waals surface area (Å²) in [6.45, 7) is 3.06. The van der Waals surface area contributed by atoms with Gasteiger partial charge < -0.3 is 14.2 Å². The lowest BCUT2D eigenvalue weighted by Crippen LogP contribution is -2.24. The zero-order valence-corrected chi connectivity index (χ0v) is 14.3. The van der Waals surface area contributed by atoms with Crippen LogP contribution in [0.4, 0.5) is 5.69 Å². The first-order valence-electron chi connectivity index (χ1n) is 8.52. The Hall–Kier alpha value is -3.22. The summed E-state index contributed by atoms with van der Waals surface area (Å²) >= 11 is 0. The highest BCUT2D eigenvalue weighted by molar-refractivity contribution is 5.96. The number of hydrogen-bond donors (Lipinski definition) is 0. The third-order valence-corrected chi connectivity index (χ3v) is 4.30. The van der Waals surface area contributed by atoms with Crippen molar-refractivity contribution in [1.82, 2.24) is 15.1 Å². The number of aromatic nitrogens is 3. The van der Waals surface area contributed by atoms with E-state index in [9.17, 15) is 4.79 Å². The summed E-state index contributed by atoms with van der Waals surface area (Å²) < 4.78 is 10.8. The Morgan fingerprint density at radius 3 is 2.85 bits per heavy atom. The first-order valence-corrected chi connectivity index (χ1v) is 8.52. The molecule has 0 aliphatic carbocycles. The van der Waals surface area contributed by atoms with Gasteiger partial charge in [-0.1, -0.05) is 5.16 Å². The third kappa shape index (κ3) is 3.15. The monoisotopic (exact) mass is 350 g/mol. The molecular formula is C19H18N4O3. The molecule has 26 heavy (non-hydrogen) atoms. The van der Waals surface area contributed by atoms with Crippen LogP contribution in [0, 0.1) is 0 Å². The van der Waals surface area contributed by atoms with Crippen LogP contribution < -0.4 is 9.64 Å². The highest BCUT2D eigenvalue weighted by Crippen LogP contribution is 2.32. The second-order valence-electron chi connectivity index (χ2n) is 6.03. The SMILES string of the molecule is CCOc1ccc(N2C[C@@H](c3nc(-c4cccnc4)no3)CC2=O)cc1. The number of carbonyl (C=O) groups excluding carboxylic acids is 1. The fraction of sp³-hybridized carbons (Fsp3) is 0.263. The molecule has 3 aromatic rings. The predicted molar refractivity (Wildman–Crippen MR) is 94.9 cm³/mol. The van der Waals surface area contributed by atoms with E-state index >= 15 is 0 Å². The molecule has 3 heterocycles. The van der Waals surface area contributed by atoms with Crippen molar-refractivity contribution >= 4 is 11.6 Å². The minimum atomic E-state index is -0.119. The molecule has 0 spiro atoms. The molecule has 1 amide bonds. The second kappa shape index (κ2) is 6.95. The van der Waals surface area contributed by atoms with Gasteiger partial charge in [0.25, 0.3) is 0 Å². The Morgan fingerprint density at radius 1 is 1.27 bits per heavy atom. The van der Waals surface area contributed by atoms with E-state index in [2.05, 4.69) is 15.1 Å². The highest BCUT2D eigenvalue weighted by Gasteiger charge is 2.35. The number of benzene rings is 1. The minimum absolute atomic E-state index is 0.0419. The first kappa shape index (κ1) is 16.3. The van der Waals surface area contributed by atoms with Gasteiger partial charge in [-0.2, -0.15) is 4.98 Å². The van der Waals surface area contributed by atoms with Crippen molar-refractivity contribution in [2.24, 2.45) is 0 Å². The van der Waals surface area contributed by atoms with Crippen LogP contribution in [-0.4, -0.2) is 34.2 Å². The topological polar surface area (TPSA) is 81.3 Å². The molecule has 1 atom stereocenters. The lowest BCUT2D eigenvalue weighted by molar-refractivity contribution is -0.117. The maximum Gasteiger partial charge on any atom is 0.232 e. The van der Waals surface area contributed by atoms with Gasteiger partial charge in [0.2, 0.25) is 17.6 Å². The van der Waals surface area contributed by atoms with Gasteiger partial charge in [0.1, 0.15) is 5.75 Å². The maximum atomic E-state index is 12.4. The number of rotatable bonds is 5. The molecule has 1 saturated heterocycles. The summed E-state index contributed by atoms with van der Waals surface area (Å²) in [6, 6.07) is 11.2. The van der Waals surface area contributed by atoms with Gasteiger partial charge in [-0.3, -0.25) is 9.78 Å². The fourth-order valence-electron chi connectivity index (χ4n) is 3.02. The summed E-state index contributed by atoms with van der Waals surface area (Å²) in [5, 5.41) is 4.01. The molecule has 1 fully saturated rings. The Bertz CT molecular complexity index is 893. The normalized spacial score (nSPS) is 16.9. The van der Waals surface area contributed by atoms with Gasteiger partial charge in [0.05, 0.1) is 12.5 Å². The molecule has 132 valence electrons. The van der Waals surface area contributed by atoms with Crippen molar-refractivity contribution in [2.75, 3.05) is 18.1 Å². The zero-order chi connectivity index (χ0) is 17.9. The molecule has 1 aromatic carbocycles. The summed E-state index contributed by atoms with van der Waals surface area (Å²) in [5.74, 6) is 1.68. The number of nitrogens with zero attached hydrogens (tertiary/aromatic N) is 4. The minimum Gasteiger partial charge on any atom is -0.494 e. The number of anilines is 1. The van der Waals surface area contributed by atoms with Crippen LogP contribution in [0.5, 0.6) is 5.75 Å². The molecular weight excluding hydrogens is 332 g/mol. The number of amides is 1. The lowest BCUT2D eigenvalue weighted by atomic mass is 10.1. The first-order chi connectivity index (χ1) is 12.7. The quantitative estimate of drug-likeness (QED) is 0.703. The molecule has 0 saturated carbocycles. The van der Waals surface area contributed by atoms with Gasteiger partial charge in [-0.25, -0.2) is 0 Å². The molecule has 0 N–H and O–H groups in total. The van der Waals surface area contributed by atoms with Crippen LogP contribution in [0.25, 0.3) is 11.4 Å². The van der Waals surface area contributed by atoms with Crippen LogP contribution >= 0.6 is 0 Å². The Labute approximate surface area is 150 Å². The van der Waals surface area contributed by atoms with Crippen molar-refractivity contribution in [1.29, 1.82) is 0 Å². The second-order valence-corrected chi connectivity index (χ2v) is 6.03. The van der Waals surface area contributed by atoms with Crippen LogP contribution in [0.3, 0.4) is 0 Å².